The van der Waals surface area contributed by atoms with Crippen LogP contribution < -0.4 is 0 Å². The minimum Gasteiger partial charge on any atom is -0.373 e. The van der Waals surface area contributed by atoms with E-state index in [-0.39, 0.29) is 0 Å². The van der Waals surface area contributed by atoms with Crippen molar-refractivity contribution in [2.75, 3.05) is 45.8 Å². The number of hydrogen-bond acceptors (Lipinski definition) is 4. The summed E-state index contributed by atoms with van der Waals surface area (Å²) in [7, 11) is 0. The molecular formula is C32H48N4. The fourth-order valence-corrected chi connectivity index (χ4v) is 5.28. The van der Waals surface area contributed by atoms with Gasteiger partial charge in [0.05, 0.1) is 6.54 Å². The van der Waals surface area contributed by atoms with Crippen LogP contribution in [0.3, 0.4) is 0 Å². The van der Waals surface area contributed by atoms with Gasteiger partial charge < -0.3 is 14.7 Å². The fourth-order valence-electron chi connectivity index (χ4n) is 5.28. The van der Waals surface area contributed by atoms with Gasteiger partial charge in [-0.1, -0.05) is 51.3 Å². The van der Waals surface area contributed by atoms with E-state index in [2.05, 4.69) is 105 Å². The van der Waals surface area contributed by atoms with Crippen LogP contribution in [0.2, 0.25) is 0 Å². The third kappa shape index (κ3) is 6.73. The average molecular weight is 489 g/mol. The van der Waals surface area contributed by atoms with Gasteiger partial charge in [0.1, 0.15) is 0 Å². The summed E-state index contributed by atoms with van der Waals surface area (Å²) >= 11 is 0. The maximum absolute atomic E-state index is 4.55. The minimum absolute atomic E-state index is 0.784. The van der Waals surface area contributed by atoms with Gasteiger partial charge in [0.2, 0.25) is 0 Å². The minimum atomic E-state index is 0.784. The first-order valence-corrected chi connectivity index (χ1v) is 13.6. The highest BCUT2D eigenvalue weighted by atomic mass is 15.3. The molecule has 0 N–H and O–H groups in total. The zero-order valence-corrected chi connectivity index (χ0v) is 23.8. The summed E-state index contributed by atoms with van der Waals surface area (Å²) < 4.78 is 0. The summed E-state index contributed by atoms with van der Waals surface area (Å²) in [6.45, 7) is 34.5. The van der Waals surface area contributed by atoms with Crippen molar-refractivity contribution in [2.45, 2.75) is 60.9 Å². The molecule has 0 spiro atoms. The van der Waals surface area contributed by atoms with E-state index < -0.39 is 0 Å². The second-order valence-corrected chi connectivity index (χ2v) is 10.5. The van der Waals surface area contributed by atoms with Gasteiger partial charge in [-0.2, -0.15) is 0 Å². The van der Waals surface area contributed by atoms with Crippen molar-refractivity contribution in [3.05, 3.63) is 88.9 Å². The number of piperazine rings is 2. The van der Waals surface area contributed by atoms with Gasteiger partial charge in [-0.25, -0.2) is 0 Å². The maximum Gasteiger partial charge on any atom is 0.0576 e. The zero-order valence-electron chi connectivity index (χ0n) is 23.8. The Bertz CT molecular complexity index is 1040. The number of hydrogen-bond donors (Lipinski definition) is 0. The summed E-state index contributed by atoms with van der Waals surface area (Å²) in [5.41, 5.74) is 11.3. The Balaban J connectivity index is 1.67. The molecule has 0 aliphatic carbocycles. The molecular weight excluding hydrogens is 440 g/mol. The van der Waals surface area contributed by atoms with Gasteiger partial charge in [-0.05, 0) is 69.4 Å². The van der Waals surface area contributed by atoms with Crippen LogP contribution in [0.15, 0.2) is 66.7 Å². The molecule has 0 amide bonds. The molecule has 0 radical (unpaired) electrons. The van der Waals surface area contributed by atoms with Gasteiger partial charge in [0, 0.05) is 74.2 Å². The highest BCUT2D eigenvalue weighted by Gasteiger charge is 2.24. The lowest BCUT2D eigenvalue weighted by molar-refractivity contribution is 0.152. The van der Waals surface area contributed by atoms with Gasteiger partial charge in [0.25, 0.3) is 0 Å². The van der Waals surface area contributed by atoms with E-state index in [1.165, 1.54) is 33.5 Å². The molecule has 196 valence electrons. The van der Waals surface area contributed by atoms with Gasteiger partial charge >= 0.3 is 0 Å². The molecule has 4 heteroatoms. The van der Waals surface area contributed by atoms with Crippen LogP contribution >= 0.6 is 0 Å². The topological polar surface area (TPSA) is 13.0 Å². The van der Waals surface area contributed by atoms with Gasteiger partial charge in [-0.15, -0.1) is 0 Å². The second-order valence-electron chi connectivity index (χ2n) is 10.5. The van der Waals surface area contributed by atoms with Crippen LogP contribution in [-0.4, -0.2) is 65.4 Å². The molecule has 0 saturated carbocycles. The molecule has 1 aromatic carbocycles. The van der Waals surface area contributed by atoms with Crippen LogP contribution in [0.4, 0.5) is 0 Å². The van der Waals surface area contributed by atoms with Crippen molar-refractivity contribution in [1.82, 2.24) is 19.6 Å². The summed E-state index contributed by atoms with van der Waals surface area (Å²) in [4.78, 5) is 9.76. The molecule has 2 aliphatic rings. The van der Waals surface area contributed by atoms with E-state index in [4.69, 9.17) is 0 Å². The number of rotatable bonds is 9. The van der Waals surface area contributed by atoms with Gasteiger partial charge in [-0.3, -0.25) is 4.90 Å². The summed E-state index contributed by atoms with van der Waals surface area (Å²) in [5.74, 6) is 0. The zero-order chi connectivity index (χ0) is 26.4. The van der Waals surface area contributed by atoms with Crippen molar-refractivity contribution < 1.29 is 0 Å². The molecule has 36 heavy (non-hydrogen) atoms. The molecule has 2 saturated heterocycles. The van der Waals surface area contributed by atoms with Crippen molar-refractivity contribution in [3.8, 4) is 0 Å². The maximum atomic E-state index is 4.55. The molecule has 4 nitrogen and oxygen atoms in total. The quantitative estimate of drug-likeness (QED) is 0.358. The summed E-state index contributed by atoms with van der Waals surface area (Å²) in [5, 5.41) is 0. The van der Waals surface area contributed by atoms with E-state index in [1.54, 1.807) is 0 Å². The Morgan fingerprint density at radius 3 is 2.19 bits per heavy atom. The number of allylic oxidation sites excluding steroid dienone is 4. The third-order valence-electron chi connectivity index (χ3n) is 7.81. The van der Waals surface area contributed by atoms with E-state index >= 15 is 0 Å². The van der Waals surface area contributed by atoms with Crippen molar-refractivity contribution in [2.24, 2.45) is 0 Å². The van der Waals surface area contributed by atoms with Crippen molar-refractivity contribution >= 4 is 5.70 Å². The van der Waals surface area contributed by atoms with E-state index in [0.29, 0.717) is 0 Å². The summed E-state index contributed by atoms with van der Waals surface area (Å²) in [6, 6.07) is 4.73. The van der Waals surface area contributed by atoms with E-state index in [1.807, 2.05) is 0 Å². The molecule has 1 aromatic rings. The molecule has 2 heterocycles. The van der Waals surface area contributed by atoms with Crippen LogP contribution in [-0.2, 0) is 6.54 Å². The Labute approximate surface area is 220 Å². The van der Waals surface area contributed by atoms with Crippen LogP contribution in [0.1, 0.15) is 62.8 Å². The first kappa shape index (κ1) is 27.9. The fraction of sp³-hybridized carbons (Fsp3) is 0.500. The largest absolute Gasteiger partial charge is 0.373 e. The SMILES string of the molecule is C=C(c1cc(CN2CCN(/C(C)=C/CC)CC2)c(C)cc1C)N1CCN(C(=C)/C=C(/C)CC)C(=C)C1. The Kier molecular flexibility index (Phi) is 9.67. The smallest absolute Gasteiger partial charge is 0.0576 e. The van der Waals surface area contributed by atoms with E-state index in [0.717, 1.165) is 82.3 Å². The highest BCUT2D eigenvalue weighted by molar-refractivity contribution is 5.67. The van der Waals surface area contributed by atoms with E-state index in [9.17, 15) is 0 Å². The number of aryl methyl sites for hydroxylation is 2. The average Bonchev–Trinajstić information content (AvgIpc) is 2.85. The van der Waals surface area contributed by atoms with Crippen LogP contribution in [0, 0.1) is 13.8 Å². The predicted molar refractivity (Wildman–Crippen MR) is 156 cm³/mol. The Morgan fingerprint density at radius 1 is 0.917 bits per heavy atom. The Morgan fingerprint density at radius 2 is 1.58 bits per heavy atom. The normalized spacial score (nSPS) is 18.2. The van der Waals surface area contributed by atoms with Crippen LogP contribution in [0.25, 0.3) is 5.70 Å². The monoisotopic (exact) mass is 488 g/mol. The molecule has 2 fully saturated rings. The molecule has 0 bridgehead atoms. The Hall–Kier alpha value is -2.72. The molecule has 0 aromatic heterocycles. The lowest BCUT2D eigenvalue weighted by Crippen LogP contribution is -2.45. The molecule has 2 aliphatic heterocycles. The number of nitrogens with zero attached hydrogens (tertiary/aromatic N) is 4. The van der Waals surface area contributed by atoms with Crippen LogP contribution in [0.5, 0.6) is 0 Å². The van der Waals surface area contributed by atoms with Crippen molar-refractivity contribution in [3.63, 3.8) is 0 Å². The molecule has 0 unspecified atom stereocenters. The van der Waals surface area contributed by atoms with Gasteiger partial charge in [0.15, 0.2) is 0 Å². The van der Waals surface area contributed by atoms with Crippen molar-refractivity contribution in [1.29, 1.82) is 0 Å². The second kappa shape index (κ2) is 12.5. The standard InChI is InChI=1S/C32H48N4/c1-10-12-27(6)34-15-13-33(14-16-34)23-31-21-32(26(5)20-25(31)4)30(9)35-17-18-36(29(8)22-35)28(7)19-24(3)11-2/h12,19-21H,7-11,13-18,22-23H2,1-6H3/b24-19-,27-12+. The first-order valence-electron chi connectivity index (χ1n) is 13.6. The third-order valence-corrected chi connectivity index (χ3v) is 7.81. The molecule has 3 rings (SSSR count). The lowest BCUT2D eigenvalue weighted by Gasteiger charge is -2.40. The lowest BCUT2D eigenvalue weighted by atomic mass is 9.96. The number of benzene rings is 1. The highest BCUT2D eigenvalue weighted by Crippen LogP contribution is 2.29. The first-order chi connectivity index (χ1) is 17.1. The molecule has 0 atom stereocenters. The summed E-state index contributed by atoms with van der Waals surface area (Å²) in [6.07, 6.45) is 6.68. The predicted octanol–water partition coefficient (Wildman–Crippen LogP) is 6.71.